The zero-order valence-electron chi connectivity index (χ0n) is 23.2. The van der Waals surface area contributed by atoms with Gasteiger partial charge in [0, 0.05) is 39.0 Å². The minimum absolute atomic E-state index is 0.260. The number of aliphatic imine (C=N–C) groups is 1. The Morgan fingerprint density at radius 3 is 2.64 bits per heavy atom. The van der Waals surface area contributed by atoms with Crippen LogP contribution in [-0.4, -0.2) is 6.21 Å². The van der Waals surface area contributed by atoms with Gasteiger partial charge in [0.25, 0.3) is 0 Å². The number of aryl methyl sites for hydroxylation is 1. The summed E-state index contributed by atoms with van der Waals surface area (Å²) in [6, 6.07) is 33.4. The number of benzene rings is 5. The molecule has 1 aliphatic carbocycles. The molecule has 0 saturated carbocycles. The highest BCUT2D eigenvalue weighted by atomic mass is 35.5. The van der Waals surface area contributed by atoms with Crippen LogP contribution in [0, 0.1) is 12.8 Å². The summed E-state index contributed by atoms with van der Waals surface area (Å²) in [7, 11) is 0. The second kappa shape index (κ2) is 11.3. The summed E-state index contributed by atoms with van der Waals surface area (Å²) in [5.74, 6) is 1.72. The fourth-order valence-electron chi connectivity index (χ4n) is 6.28. The van der Waals surface area contributed by atoms with Gasteiger partial charge < -0.3 is 10.1 Å². The first-order valence-electron chi connectivity index (χ1n) is 14.3. The molecule has 1 aliphatic heterocycles. The van der Waals surface area contributed by atoms with Crippen molar-refractivity contribution < 1.29 is 4.74 Å². The molecular formula is C37H30Cl2N2O. The van der Waals surface area contributed by atoms with Gasteiger partial charge in [-0.2, -0.15) is 0 Å². The molecule has 2 aliphatic rings. The van der Waals surface area contributed by atoms with Crippen LogP contribution >= 0.6 is 23.2 Å². The molecule has 0 spiro atoms. The predicted octanol–water partition coefficient (Wildman–Crippen LogP) is 10.6. The number of hydrogen-bond acceptors (Lipinski definition) is 3. The van der Waals surface area contributed by atoms with Gasteiger partial charge in [-0.15, -0.1) is 0 Å². The van der Waals surface area contributed by atoms with Crippen LogP contribution in [0.1, 0.15) is 46.2 Å². The van der Waals surface area contributed by atoms with Crippen LogP contribution in [0.3, 0.4) is 0 Å². The Balaban J connectivity index is 1.15. The lowest BCUT2D eigenvalue weighted by Gasteiger charge is -2.37. The monoisotopic (exact) mass is 588 g/mol. The van der Waals surface area contributed by atoms with Crippen molar-refractivity contribution in [2.45, 2.75) is 31.9 Å². The van der Waals surface area contributed by atoms with Gasteiger partial charge in [0.05, 0.1) is 11.7 Å². The van der Waals surface area contributed by atoms with Crippen molar-refractivity contribution in [2.75, 3.05) is 5.32 Å². The zero-order valence-corrected chi connectivity index (χ0v) is 24.7. The van der Waals surface area contributed by atoms with Gasteiger partial charge >= 0.3 is 0 Å². The number of anilines is 1. The second-order valence-electron chi connectivity index (χ2n) is 11.1. The Labute approximate surface area is 256 Å². The summed E-state index contributed by atoms with van der Waals surface area (Å²) >= 11 is 12.5. The van der Waals surface area contributed by atoms with E-state index in [1.54, 1.807) is 6.07 Å². The maximum absolute atomic E-state index is 6.40. The third kappa shape index (κ3) is 5.19. The summed E-state index contributed by atoms with van der Waals surface area (Å²) in [4.78, 5) is 4.89. The van der Waals surface area contributed by atoms with Gasteiger partial charge in [0.2, 0.25) is 0 Å². The van der Waals surface area contributed by atoms with Gasteiger partial charge in [0.15, 0.2) is 0 Å². The Hall–Kier alpha value is -4.05. The molecule has 5 heteroatoms. The lowest BCUT2D eigenvalue weighted by Crippen LogP contribution is -2.29. The molecule has 3 nitrogen and oxygen atoms in total. The maximum Gasteiger partial charge on any atom is 0.129 e. The molecule has 0 unspecified atom stereocenters. The topological polar surface area (TPSA) is 33.6 Å². The second-order valence-corrected chi connectivity index (χ2v) is 12.0. The van der Waals surface area contributed by atoms with E-state index in [0.717, 1.165) is 39.8 Å². The van der Waals surface area contributed by atoms with Crippen LogP contribution in [0.5, 0.6) is 5.75 Å². The lowest BCUT2D eigenvalue weighted by atomic mass is 9.76. The van der Waals surface area contributed by atoms with Crippen molar-refractivity contribution in [1.29, 1.82) is 0 Å². The Morgan fingerprint density at radius 1 is 0.929 bits per heavy atom. The average Bonchev–Trinajstić information content (AvgIpc) is 3.50. The van der Waals surface area contributed by atoms with Crippen LogP contribution in [0.15, 0.2) is 114 Å². The molecule has 1 heterocycles. The van der Waals surface area contributed by atoms with Crippen molar-refractivity contribution in [2.24, 2.45) is 10.9 Å². The van der Waals surface area contributed by atoms with E-state index >= 15 is 0 Å². The van der Waals surface area contributed by atoms with E-state index in [0.29, 0.717) is 28.5 Å². The molecule has 7 rings (SSSR count). The van der Waals surface area contributed by atoms with Crippen molar-refractivity contribution in [3.8, 4) is 5.75 Å². The Kier molecular flexibility index (Phi) is 7.23. The third-order valence-electron chi connectivity index (χ3n) is 8.44. The van der Waals surface area contributed by atoms with Crippen LogP contribution in [-0.2, 0) is 6.61 Å². The van der Waals surface area contributed by atoms with E-state index in [4.69, 9.17) is 32.9 Å². The molecule has 5 aromatic rings. The average molecular weight is 590 g/mol. The maximum atomic E-state index is 6.40. The number of allylic oxidation sites excluding steroid dienone is 2. The van der Waals surface area contributed by atoms with E-state index in [1.807, 2.05) is 36.5 Å². The highest BCUT2D eigenvalue weighted by Crippen LogP contribution is 2.50. The zero-order chi connectivity index (χ0) is 28.6. The summed E-state index contributed by atoms with van der Waals surface area (Å²) in [6.45, 7) is 2.50. The molecule has 0 bridgehead atoms. The highest BCUT2D eigenvalue weighted by molar-refractivity contribution is 6.35. The van der Waals surface area contributed by atoms with Crippen molar-refractivity contribution in [3.63, 3.8) is 0 Å². The number of fused-ring (bicyclic) bond motifs is 4. The number of hydrogen-bond donors (Lipinski definition) is 1. The molecule has 0 amide bonds. The first-order valence-corrected chi connectivity index (χ1v) is 15.1. The number of nitrogens with zero attached hydrogens (tertiary/aromatic N) is 1. The first kappa shape index (κ1) is 26.8. The molecule has 5 aromatic carbocycles. The fraction of sp³-hybridized carbons (Fsp3) is 0.162. The Morgan fingerprint density at radius 2 is 1.79 bits per heavy atom. The van der Waals surface area contributed by atoms with Crippen LogP contribution < -0.4 is 10.1 Å². The summed E-state index contributed by atoms with van der Waals surface area (Å²) in [6.07, 6.45) is 7.72. The van der Waals surface area contributed by atoms with Gasteiger partial charge in [-0.3, -0.25) is 4.99 Å². The lowest BCUT2D eigenvalue weighted by molar-refractivity contribution is 0.306. The van der Waals surface area contributed by atoms with Crippen LogP contribution in [0.4, 0.5) is 11.4 Å². The number of ether oxygens (including phenoxy) is 1. The highest BCUT2D eigenvalue weighted by Gasteiger charge is 2.37. The van der Waals surface area contributed by atoms with Gasteiger partial charge in [-0.1, -0.05) is 102 Å². The minimum atomic E-state index is 0.260. The normalized spacial score (nSPS) is 19.1. The summed E-state index contributed by atoms with van der Waals surface area (Å²) < 4.78 is 6.28. The predicted molar refractivity (Wildman–Crippen MR) is 176 cm³/mol. The quantitative estimate of drug-likeness (QED) is 0.158. The standard InChI is InChI=1S/C37H30Cl2N2O/c1-23-9-17-35-32(19-23)30-7-4-8-31(30)37(41-35)25-11-15-28(16-12-25)40-21-33-29-6-3-2-5-24(29)13-18-36(33)42-22-26-10-14-27(38)20-34(26)39/h2-7,9-21,30-31,37,41H,8,22H2,1H3/t30-,31+,37-/m1/s1. The molecule has 0 fully saturated rings. The van der Waals surface area contributed by atoms with Crippen LogP contribution in [0.25, 0.3) is 10.8 Å². The molecule has 208 valence electrons. The molecule has 0 radical (unpaired) electrons. The van der Waals surface area contributed by atoms with E-state index in [-0.39, 0.29) is 6.04 Å². The van der Waals surface area contributed by atoms with Gasteiger partial charge in [-0.05, 0) is 77.6 Å². The molecule has 1 N–H and O–H groups in total. The minimum Gasteiger partial charge on any atom is -0.488 e. The van der Waals surface area contributed by atoms with E-state index < -0.39 is 0 Å². The molecule has 3 atom stereocenters. The number of nitrogens with one attached hydrogen (secondary N) is 1. The smallest absolute Gasteiger partial charge is 0.129 e. The largest absolute Gasteiger partial charge is 0.488 e. The van der Waals surface area contributed by atoms with Crippen molar-refractivity contribution in [3.05, 3.63) is 147 Å². The van der Waals surface area contributed by atoms with Crippen LogP contribution in [0.2, 0.25) is 10.0 Å². The summed E-state index contributed by atoms with van der Waals surface area (Å²) in [5, 5.41) is 7.24. The Bertz CT molecular complexity index is 1840. The summed E-state index contributed by atoms with van der Waals surface area (Å²) in [5.41, 5.74) is 7.95. The van der Waals surface area contributed by atoms with Gasteiger partial charge in [0.1, 0.15) is 12.4 Å². The van der Waals surface area contributed by atoms with E-state index in [1.165, 1.54) is 22.4 Å². The molecule has 42 heavy (non-hydrogen) atoms. The van der Waals surface area contributed by atoms with Crippen molar-refractivity contribution in [1.82, 2.24) is 0 Å². The van der Waals surface area contributed by atoms with Gasteiger partial charge in [-0.25, -0.2) is 0 Å². The third-order valence-corrected chi connectivity index (χ3v) is 9.03. The number of rotatable bonds is 6. The van der Waals surface area contributed by atoms with Crippen molar-refractivity contribution >= 4 is 51.6 Å². The molecule has 0 saturated heterocycles. The van der Waals surface area contributed by atoms with E-state index in [2.05, 4.69) is 85.1 Å². The molecule has 0 aromatic heterocycles. The number of halogens is 2. The first-order chi connectivity index (χ1) is 20.5. The SMILES string of the molecule is Cc1ccc2c(c1)[C@@H]1C=CC[C@@H]1[C@@H](c1ccc(N=Cc3c(OCc4ccc(Cl)cc4Cl)ccc4ccccc34)cc1)N2. The van der Waals surface area contributed by atoms with E-state index in [9.17, 15) is 0 Å². The fourth-order valence-corrected chi connectivity index (χ4v) is 6.74. The molecular weight excluding hydrogens is 559 g/mol.